The Balaban J connectivity index is 1.51. The molecule has 3 rings (SSSR count). The lowest BCUT2D eigenvalue weighted by Crippen LogP contribution is -2.42. The summed E-state index contributed by atoms with van der Waals surface area (Å²) in [6.07, 6.45) is 5.94. The van der Waals surface area contributed by atoms with E-state index in [-0.39, 0.29) is 24.4 Å². The molecule has 3 aliphatic rings. The van der Waals surface area contributed by atoms with Crippen molar-refractivity contribution in [3.63, 3.8) is 0 Å². The van der Waals surface area contributed by atoms with Gasteiger partial charge in [-0.1, -0.05) is 6.08 Å². The number of allylic oxidation sites excluding steroid dienone is 2. The standard InChI is InChI=1S/C17H25N3O3/c1-19(2)13-5-7-20(10-13)8-6-15(21)12-3-4-16-14(9-12)18-17(22)11-23-16/h3,9,13,16H,4-8,10-11H2,1-2H3,(H,18,22). The maximum absolute atomic E-state index is 12.4. The predicted octanol–water partition coefficient (Wildman–Crippen LogP) is 0.311. The number of amides is 1. The normalized spacial score (nSPS) is 28.2. The van der Waals surface area contributed by atoms with Crippen LogP contribution in [0.1, 0.15) is 19.3 Å². The van der Waals surface area contributed by atoms with E-state index in [1.165, 1.54) is 6.42 Å². The van der Waals surface area contributed by atoms with E-state index in [2.05, 4.69) is 29.2 Å². The maximum atomic E-state index is 12.4. The summed E-state index contributed by atoms with van der Waals surface area (Å²) in [6, 6.07) is 0.594. The number of carbonyl (C=O) groups is 2. The summed E-state index contributed by atoms with van der Waals surface area (Å²) in [5.74, 6) is -0.00271. The molecule has 126 valence electrons. The minimum atomic E-state index is -0.145. The number of nitrogens with one attached hydrogen (secondary N) is 1. The Morgan fingerprint density at radius 2 is 2.30 bits per heavy atom. The molecular formula is C17H25N3O3. The minimum Gasteiger partial charge on any atom is -0.362 e. The van der Waals surface area contributed by atoms with Crippen molar-refractivity contribution in [2.75, 3.05) is 40.3 Å². The van der Waals surface area contributed by atoms with Crippen molar-refractivity contribution >= 4 is 11.7 Å². The van der Waals surface area contributed by atoms with Crippen LogP contribution in [0, 0.1) is 0 Å². The molecule has 0 aromatic rings. The number of likely N-dealkylation sites (N-methyl/N-ethyl adjacent to an activating group) is 1. The summed E-state index contributed by atoms with van der Waals surface area (Å²) >= 11 is 0. The van der Waals surface area contributed by atoms with E-state index in [1.54, 1.807) is 6.08 Å². The van der Waals surface area contributed by atoms with Crippen LogP contribution in [0.4, 0.5) is 0 Å². The largest absolute Gasteiger partial charge is 0.362 e. The molecular weight excluding hydrogens is 294 g/mol. The van der Waals surface area contributed by atoms with Crippen LogP contribution in [0.25, 0.3) is 0 Å². The molecule has 2 saturated heterocycles. The first-order valence-electron chi connectivity index (χ1n) is 8.28. The fourth-order valence-electron chi connectivity index (χ4n) is 3.36. The summed E-state index contributed by atoms with van der Waals surface area (Å²) in [4.78, 5) is 28.4. The Morgan fingerprint density at radius 3 is 3.04 bits per heavy atom. The Bertz CT molecular complexity index is 553. The summed E-state index contributed by atoms with van der Waals surface area (Å²) in [6.45, 7) is 2.99. The molecule has 2 atom stereocenters. The van der Waals surface area contributed by atoms with Gasteiger partial charge >= 0.3 is 0 Å². The molecule has 6 nitrogen and oxygen atoms in total. The van der Waals surface area contributed by atoms with Crippen LogP contribution in [-0.2, 0) is 14.3 Å². The first kappa shape index (κ1) is 16.4. The number of nitrogens with zero attached hydrogens (tertiary/aromatic N) is 2. The van der Waals surface area contributed by atoms with Gasteiger partial charge in [-0.2, -0.15) is 0 Å². The highest BCUT2D eigenvalue weighted by Crippen LogP contribution is 2.23. The Labute approximate surface area is 137 Å². The van der Waals surface area contributed by atoms with E-state index in [0.717, 1.165) is 25.3 Å². The third-order valence-electron chi connectivity index (χ3n) is 4.86. The smallest absolute Gasteiger partial charge is 0.250 e. The van der Waals surface area contributed by atoms with Gasteiger partial charge in [0.2, 0.25) is 5.91 Å². The monoisotopic (exact) mass is 319 g/mol. The van der Waals surface area contributed by atoms with Gasteiger partial charge in [-0.05, 0) is 39.6 Å². The zero-order chi connectivity index (χ0) is 16.4. The highest BCUT2D eigenvalue weighted by Gasteiger charge is 2.28. The Kier molecular flexibility index (Phi) is 4.94. The van der Waals surface area contributed by atoms with Gasteiger partial charge in [-0.25, -0.2) is 0 Å². The van der Waals surface area contributed by atoms with Crippen LogP contribution in [-0.4, -0.2) is 74.0 Å². The van der Waals surface area contributed by atoms with E-state index in [1.807, 2.05) is 6.08 Å². The fraction of sp³-hybridized carbons (Fsp3) is 0.647. The number of hydrogen-bond donors (Lipinski definition) is 1. The minimum absolute atomic E-state index is 0.0983. The Hall–Kier alpha value is -1.50. The number of Topliss-reactive ketones (excluding diaryl/α,β-unsaturated/α-hetero) is 1. The average molecular weight is 319 g/mol. The van der Waals surface area contributed by atoms with Gasteiger partial charge < -0.3 is 19.9 Å². The van der Waals surface area contributed by atoms with Gasteiger partial charge in [0.25, 0.3) is 0 Å². The third kappa shape index (κ3) is 3.88. The van der Waals surface area contributed by atoms with Crippen molar-refractivity contribution < 1.29 is 14.3 Å². The Morgan fingerprint density at radius 1 is 1.48 bits per heavy atom. The van der Waals surface area contributed by atoms with Crippen LogP contribution in [0.15, 0.2) is 23.4 Å². The summed E-state index contributed by atoms with van der Waals surface area (Å²) in [5, 5.41) is 2.81. The molecule has 0 aromatic carbocycles. The highest BCUT2D eigenvalue weighted by molar-refractivity contribution is 5.98. The molecule has 0 radical (unpaired) electrons. The molecule has 0 aromatic heterocycles. The topological polar surface area (TPSA) is 61.9 Å². The van der Waals surface area contributed by atoms with E-state index in [0.29, 0.717) is 24.5 Å². The molecule has 0 bridgehead atoms. The predicted molar refractivity (Wildman–Crippen MR) is 86.8 cm³/mol. The van der Waals surface area contributed by atoms with E-state index >= 15 is 0 Å². The number of carbonyl (C=O) groups excluding carboxylic acids is 2. The number of ketones is 1. The molecule has 23 heavy (non-hydrogen) atoms. The number of likely N-dealkylation sites (tertiary alicyclic amines) is 1. The van der Waals surface area contributed by atoms with Crippen molar-refractivity contribution in [2.24, 2.45) is 0 Å². The molecule has 1 aliphatic carbocycles. The third-order valence-corrected chi connectivity index (χ3v) is 4.86. The lowest BCUT2D eigenvalue weighted by atomic mass is 9.96. The van der Waals surface area contributed by atoms with E-state index < -0.39 is 0 Å². The summed E-state index contributed by atoms with van der Waals surface area (Å²) < 4.78 is 5.45. The quantitative estimate of drug-likeness (QED) is 0.790. The van der Waals surface area contributed by atoms with Crippen LogP contribution in [0.5, 0.6) is 0 Å². The number of hydrogen-bond acceptors (Lipinski definition) is 5. The van der Waals surface area contributed by atoms with Crippen molar-refractivity contribution in [3.8, 4) is 0 Å². The molecule has 1 amide bonds. The van der Waals surface area contributed by atoms with Gasteiger partial charge in [0.05, 0.1) is 0 Å². The van der Waals surface area contributed by atoms with E-state index in [4.69, 9.17) is 4.74 Å². The van der Waals surface area contributed by atoms with Crippen molar-refractivity contribution in [2.45, 2.75) is 31.4 Å². The molecule has 2 unspecified atom stereocenters. The molecule has 2 fully saturated rings. The second-order valence-corrected chi connectivity index (χ2v) is 6.72. The van der Waals surface area contributed by atoms with Crippen LogP contribution < -0.4 is 5.32 Å². The molecule has 0 saturated carbocycles. The first-order chi connectivity index (χ1) is 11.0. The van der Waals surface area contributed by atoms with Crippen molar-refractivity contribution in [1.82, 2.24) is 15.1 Å². The maximum Gasteiger partial charge on any atom is 0.250 e. The van der Waals surface area contributed by atoms with E-state index in [9.17, 15) is 9.59 Å². The first-order valence-corrected chi connectivity index (χ1v) is 8.28. The number of fused-ring (bicyclic) bond motifs is 1. The molecule has 2 aliphatic heterocycles. The molecule has 1 N–H and O–H groups in total. The van der Waals surface area contributed by atoms with Gasteiger partial charge in [0.15, 0.2) is 5.78 Å². The molecule has 0 spiro atoms. The zero-order valence-corrected chi connectivity index (χ0v) is 13.9. The summed E-state index contributed by atoms with van der Waals surface area (Å²) in [5.41, 5.74) is 1.42. The van der Waals surface area contributed by atoms with Crippen LogP contribution in [0.3, 0.4) is 0 Å². The summed E-state index contributed by atoms with van der Waals surface area (Å²) in [7, 11) is 4.21. The van der Waals surface area contributed by atoms with Crippen LogP contribution in [0.2, 0.25) is 0 Å². The SMILES string of the molecule is CN(C)C1CCN(CCC(=O)C2=CCC3OCC(=O)NC3=C2)C1. The van der Waals surface area contributed by atoms with Crippen molar-refractivity contribution in [3.05, 3.63) is 23.4 Å². The number of ether oxygens (including phenoxy) is 1. The highest BCUT2D eigenvalue weighted by atomic mass is 16.5. The van der Waals surface area contributed by atoms with Gasteiger partial charge in [0.1, 0.15) is 12.7 Å². The molecule has 2 heterocycles. The van der Waals surface area contributed by atoms with Gasteiger partial charge in [0, 0.05) is 36.8 Å². The lowest BCUT2D eigenvalue weighted by molar-refractivity contribution is -0.130. The zero-order valence-electron chi connectivity index (χ0n) is 13.9. The number of rotatable bonds is 5. The second kappa shape index (κ2) is 6.95. The molecule has 6 heteroatoms. The average Bonchev–Trinajstić information content (AvgIpc) is 3.01. The van der Waals surface area contributed by atoms with Crippen molar-refractivity contribution in [1.29, 1.82) is 0 Å². The number of morpholine rings is 1. The van der Waals surface area contributed by atoms with Gasteiger partial charge in [-0.3, -0.25) is 9.59 Å². The fourth-order valence-corrected chi connectivity index (χ4v) is 3.36. The van der Waals surface area contributed by atoms with Gasteiger partial charge in [-0.15, -0.1) is 0 Å². The second-order valence-electron chi connectivity index (χ2n) is 6.72. The van der Waals surface area contributed by atoms with Crippen LogP contribution >= 0.6 is 0 Å². The lowest BCUT2D eigenvalue weighted by Gasteiger charge is -2.28.